The number of hydrogen-bond acceptors (Lipinski definition) is 3. The number of hydrogen-bond donors (Lipinski definition) is 1. The fourth-order valence-electron chi connectivity index (χ4n) is 2.38. The molecule has 134 valence electrons. The summed E-state index contributed by atoms with van der Waals surface area (Å²) in [5.74, 6) is 0.883. The zero-order chi connectivity index (χ0) is 18.2. The first kappa shape index (κ1) is 19.0. The first-order chi connectivity index (χ1) is 12.0. The summed E-state index contributed by atoms with van der Waals surface area (Å²) in [5, 5.41) is 2.99. The molecule has 1 unspecified atom stereocenters. The smallest absolute Gasteiger partial charge is 0.237 e. The van der Waals surface area contributed by atoms with Crippen molar-refractivity contribution in [2.75, 3.05) is 20.2 Å². The molecule has 0 heterocycles. The number of carbonyl (C=O) groups is 1. The van der Waals surface area contributed by atoms with E-state index in [1.165, 1.54) is 11.1 Å². The summed E-state index contributed by atoms with van der Waals surface area (Å²) >= 11 is 0. The first-order valence-corrected chi connectivity index (χ1v) is 8.68. The Bertz CT molecular complexity index is 665. The minimum atomic E-state index is -0.202. The van der Waals surface area contributed by atoms with Gasteiger partial charge in [-0.3, -0.25) is 9.69 Å². The van der Waals surface area contributed by atoms with Crippen molar-refractivity contribution in [1.29, 1.82) is 0 Å². The van der Waals surface area contributed by atoms with E-state index in [2.05, 4.69) is 31.3 Å². The van der Waals surface area contributed by atoms with E-state index in [1.807, 2.05) is 55.3 Å². The van der Waals surface area contributed by atoms with Crippen LogP contribution in [0.5, 0.6) is 5.75 Å². The van der Waals surface area contributed by atoms with Crippen LogP contribution in [0.4, 0.5) is 0 Å². The van der Waals surface area contributed by atoms with Crippen molar-refractivity contribution in [3.8, 4) is 5.75 Å². The summed E-state index contributed by atoms with van der Waals surface area (Å²) in [7, 11) is 1.94. The number of carbonyl (C=O) groups excluding carboxylic acids is 1. The topological polar surface area (TPSA) is 41.6 Å². The second kappa shape index (κ2) is 9.23. The van der Waals surface area contributed by atoms with Gasteiger partial charge in [0.15, 0.2) is 0 Å². The molecule has 1 N–H and O–H groups in total. The lowest BCUT2D eigenvalue weighted by Gasteiger charge is -2.24. The molecule has 1 amide bonds. The molecule has 0 aliphatic rings. The van der Waals surface area contributed by atoms with Crippen LogP contribution in [0.25, 0.3) is 0 Å². The highest BCUT2D eigenvalue weighted by Gasteiger charge is 2.17. The summed E-state index contributed by atoms with van der Waals surface area (Å²) in [6, 6.07) is 16.0. The molecule has 0 saturated carbocycles. The van der Waals surface area contributed by atoms with E-state index in [0.29, 0.717) is 19.7 Å². The lowest BCUT2D eigenvalue weighted by molar-refractivity contribution is -0.125. The molecule has 0 fully saturated rings. The van der Waals surface area contributed by atoms with Gasteiger partial charge in [-0.15, -0.1) is 0 Å². The second-order valence-electron chi connectivity index (χ2n) is 6.52. The number of nitrogens with zero attached hydrogens (tertiary/aromatic N) is 1. The maximum Gasteiger partial charge on any atom is 0.237 e. The van der Waals surface area contributed by atoms with Crippen molar-refractivity contribution < 1.29 is 9.53 Å². The number of benzene rings is 2. The van der Waals surface area contributed by atoms with Crippen molar-refractivity contribution >= 4 is 5.91 Å². The van der Waals surface area contributed by atoms with Crippen LogP contribution in [0.2, 0.25) is 0 Å². The van der Waals surface area contributed by atoms with E-state index < -0.39 is 0 Å². The zero-order valence-corrected chi connectivity index (χ0v) is 15.6. The molecule has 0 bridgehead atoms. The average Bonchev–Trinajstić information content (AvgIpc) is 2.62. The summed E-state index contributed by atoms with van der Waals surface area (Å²) in [4.78, 5) is 14.3. The summed E-state index contributed by atoms with van der Waals surface area (Å²) in [5.41, 5.74) is 3.54. The number of likely N-dealkylation sites (N-methyl/N-ethyl adjacent to an activating group) is 1. The van der Waals surface area contributed by atoms with Gasteiger partial charge in [0.05, 0.1) is 6.04 Å². The van der Waals surface area contributed by atoms with E-state index in [1.54, 1.807) is 0 Å². The molecule has 2 aromatic rings. The van der Waals surface area contributed by atoms with Gasteiger partial charge in [0, 0.05) is 13.1 Å². The van der Waals surface area contributed by atoms with Crippen molar-refractivity contribution in [2.24, 2.45) is 0 Å². The number of aryl methyl sites for hydroxylation is 2. The second-order valence-corrected chi connectivity index (χ2v) is 6.52. The van der Waals surface area contributed by atoms with E-state index in [9.17, 15) is 4.79 Å². The van der Waals surface area contributed by atoms with Gasteiger partial charge in [0.1, 0.15) is 12.4 Å². The Labute approximate surface area is 150 Å². The Balaban J connectivity index is 1.72. The third-order valence-corrected chi connectivity index (χ3v) is 4.36. The van der Waals surface area contributed by atoms with Gasteiger partial charge in [-0.05, 0) is 45.5 Å². The molecule has 0 radical (unpaired) electrons. The monoisotopic (exact) mass is 340 g/mol. The normalized spacial score (nSPS) is 12.0. The molecule has 2 rings (SSSR count). The minimum absolute atomic E-state index is 0.0263. The molecule has 0 aliphatic carbocycles. The van der Waals surface area contributed by atoms with Crippen LogP contribution in [0.3, 0.4) is 0 Å². The van der Waals surface area contributed by atoms with E-state index in [-0.39, 0.29) is 11.9 Å². The largest absolute Gasteiger partial charge is 0.492 e. The SMILES string of the molecule is Cc1ccc(CNC(=O)C(C)N(C)CCOc2ccc(C)cc2)cc1. The Kier molecular flexibility index (Phi) is 7.02. The quantitative estimate of drug-likeness (QED) is 0.801. The first-order valence-electron chi connectivity index (χ1n) is 8.68. The van der Waals surface area contributed by atoms with Gasteiger partial charge in [-0.1, -0.05) is 47.5 Å². The zero-order valence-electron chi connectivity index (χ0n) is 15.6. The summed E-state index contributed by atoms with van der Waals surface area (Å²) in [6.07, 6.45) is 0. The molecule has 1 atom stereocenters. The van der Waals surface area contributed by atoms with Gasteiger partial charge in [-0.25, -0.2) is 0 Å². The molecular formula is C21H28N2O2. The van der Waals surface area contributed by atoms with Crippen molar-refractivity contribution in [3.63, 3.8) is 0 Å². The highest BCUT2D eigenvalue weighted by atomic mass is 16.5. The molecule has 25 heavy (non-hydrogen) atoms. The maximum absolute atomic E-state index is 12.3. The Hall–Kier alpha value is -2.33. The minimum Gasteiger partial charge on any atom is -0.492 e. The van der Waals surface area contributed by atoms with Gasteiger partial charge in [0.25, 0.3) is 0 Å². The van der Waals surface area contributed by atoms with Crippen LogP contribution in [-0.4, -0.2) is 37.0 Å². The van der Waals surface area contributed by atoms with Gasteiger partial charge in [0.2, 0.25) is 5.91 Å². The third-order valence-electron chi connectivity index (χ3n) is 4.36. The van der Waals surface area contributed by atoms with Crippen molar-refractivity contribution in [1.82, 2.24) is 10.2 Å². The highest BCUT2D eigenvalue weighted by molar-refractivity contribution is 5.81. The molecule has 0 spiro atoms. The molecule has 0 saturated heterocycles. The lowest BCUT2D eigenvalue weighted by atomic mass is 10.1. The molecule has 0 aliphatic heterocycles. The molecular weight excluding hydrogens is 312 g/mol. The molecule has 4 heteroatoms. The lowest BCUT2D eigenvalue weighted by Crippen LogP contribution is -2.44. The predicted molar refractivity (Wildman–Crippen MR) is 102 cm³/mol. The average molecular weight is 340 g/mol. The molecule has 4 nitrogen and oxygen atoms in total. The Morgan fingerprint density at radius 3 is 2.20 bits per heavy atom. The highest BCUT2D eigenvalue weighted by Crippen LogP contribution is 2.11. The van der Waals surface area contributed by atoms with E-state index in [0.717, 1.165) is 11.3 Å². The molecule has 0 aromatic heterocycles. The standard InChI is InChI=1S/C21H28N2O2/c1-16-5-9-19(10-6-16)15-22-21(24)18(3)23(4)13-14-25-20-11-7-17(2)8-12-20/h5-12,18H,13-15H2,1-4H3,(H,22,24). The summed E-state index contributed by atoms with van der Waals surface area (Å²) < 4.78 is 5.73. The summed E-state index contributed by atoms with van der Waals surface area (Å²) in [6.45, 7) is 7.81. The number of nitrogens with one attached hydrogen (secondary N) is 1. The fraction of sp³-hybridized carbons (Fsp3) is 0.381. The molecule has 2 aromatic carbocycles. The number of ether oxygens (including phenoxy) is 1. The van der Waals surface area contributed by atoms with Crippen LogP contribution in [0.1, 0.15) is 23.6 Å². The Morgan fingerprint density at radius 1 is 1.04 bits per heavy atom. The maximum atomic E-state index is 12.3. The number of rotatable bonds is 8. The fourth-order valence-corrected chi connectivity index (χ4v) is 2.38. The van der Waals surface area contributed by atoms with E-state index >= 15 is 0 Å². The van der Waals surface area contributed by atoms with E-state index in [4.69, 9.17) is 4.74 Å². The van der Waals surface area contributed by atoms with Gasteiger partial charge < -0.3 is 10.1 Å². The van der Waals surface area contributed by atoms with Gasteiger partial charge >= 0.3 is 0 Å². The van der Waals surface area contributed by atoms with Crippen LogP contribution in [0, 0.1) is 13.8 Å². The third kappa shape index (κ3) is 6.24. The van der Waals surface area contributed by atoms with Crippen LogP contribution >= 0.6 is 0 Å². The predicted octanol–water partition coefficient (Wildman–Crippen LogP) is 3.32. The van der Waals surface area contributed by atoms with Crippen LogP contribution < -0.4 is 10.1 Å². The Morgan fingerprint density at radius 2 is 1.60 bits per heavy atom. The van der Waals surface area contributed by atoms with Crippen molar-refractivity contribution in [2.45, 2.75) is 33.4 Å². The van der Waals surface area contributed by atoms with Crippen LogP contribution in [0.15, 0.2) is 48.5 Å². The van der Waals surface area contributed by atoms with Crippen LogP contribution in [-0.2, 0) is 11.3 Å². The van der Waals surface area contributed by atoms with Crippen molar-refractivity contribution in [3.05, 3.63) is 65.2 Å². The van der Waals surface area contributed by atoms with Gasteiger partial charge in [-0.2, -0.15) is 0 Å². The number of amides is 1.